The van der Waals surface area contributed by atoms with Crippen molar-refractivity contribution in [3.63, 3.8) is 0 Å². The van der Waals surface area contributed by atoms with E-state index in [-0.39, 0.29) is 12.1 Å². The zero-order valence-corrected chi connectivity index (χ0v) is 13.9. The van der Waals surface area contributed by atoms with Gasteiger partial charge >= 0.3 is 6.03 Å². The number of halogens is 1. The number of para-hydroxylation sites is 1. The largest absolute Gasteiger partial charge is 0.487 e. The van der Waals surface area contributed by atoms with E-state index in [4.69, 9.17) is 16.3 Å². The van der Waals surface area contributed by atoms with Crippen LogP contribution in [0.2, 0.25) is 5.02 Å². The highest BCUT2D eigenvalue weighted by Gasteiger charge is 2.31. The maximum atomic E-state index is 12.2. The van der Waals surface area contributed by atoms with Crippen molar-refractivity contribution in [3.05, 3.63) is 23.2 Å². The van der Waals surface area contributed by atoms with Gasteiger partial charge in [0.15, 0.2) is 5.75 Å². The minimum Gasteiger partial charge on any atom is -0.487 e. The van der Waals surface area contributed by atoms with Crippen LogP contribution in [0.5, 0.6) is 5.75 Å². The molecule has 0 radical (unpaired) electrons. The number of carbonyl (C=O) groups excluding carboxylic acids is 1. The molecule has 122 valence electrons. The summed E-state index contributed by atoms with van der Waals surface area (Å²) in [6, 6.07) is 4.92. The minimum atomic E-state index is -0.457. The molecule has 5 nitrogen and oxygen atoms in total. The molecule has 22 heavy (non-hydrogen) atoms. The number of nitrogens with zero attached hydrogens (tertiary/aromatic N) is 1. The molecule has 6 heteroatoms. The van der Waals surface area contributed by atoms with Crippen molar-refractivity contribution in [2.45, 2.75) is 38.9 Å². The van der Waals surface area contributed by atoms with Gasteiger partial charge in [0.25, 0.3) is 0 Å². The summed E-state index contributed by atoms with van der Waals surface area (Å²) < 4.78 is 5.67. The second-order valence-electron chi connectivity index (χ2n) is 6.00. The van der Waals surface area contributed by atoms with Gasteiger partial charge in [-0.05, 0) is 44.7 Å². The van der Waals surface area contributed by atoms with Crippen molar-refractivity contribution in [2.75, 3.05) is 18.9 Å². The zero-order chi connectivity index (χ0) is 16.3. The lowest BCUT2D eigenvalue weighted by atomic mass is 10.2. The van der Waals surface area contributed by atoms with Gasteiger partial charge in [-0.15, -0.1) is 0 Å². The highest BCUT2D eigenvalue weighted by Crippen LogP contribution is 2.34. The Labute approximate surface area is 136 Å². The molecule has 0 saturated heterocycles. The number of nitrogens with one attached hydrogen (secondary N) is 1. The smallest absolute Gasteiger partial charge is 0.321 e. The highest BCUT2D eigenvalue weighted by molar-refractivity contribution is 6.32. The van der Waals surface area contributed by atoms with Crippen LogP contribution < -0.4 is 10.1 Å². The molecular weight excluding hydrogens is 304 g/mol. The Bertz CT molecular complexity index is 532. The molecule has 1 aromatic rings. The summed E-state index contributed by atoms with van der Waals surface area (Å²) >= 11 is 6.14. The molecule has 0 aromatic heterocycles. The molecule has 1 aliphatic carbocycles. The van der Waals surface area contributed by atoms with Gasteiger partial charge in [0, 0.05) is 13.6 Å². The first-order valence-corrected chi connectivity index (χ1v) is 7.91. The number of rotatable bonds is 6. The highest BCUT2D eigenvalue weighted by atomic mass is 35.5. The summed E-state index contributed by atoms with van der Waals surface area (Å²) in [5.41, 5.74) is 0.527. The number of carbonyl (C=O) groups is 1. The number of hydrogen-bond acceptors (Lipinski definition) is 3. The van der Waals surface area contributed by atoms with E-state index < -0.39 is 6.10 Å². The Morgan fingerprint density at radius 3 is 2.77 bits per heavy atom. The molecule has 1 saturated carbocycles. The second-order valence-corrected chi connectivity index (χ2v) is 6.41. The van der Waals surface area contributed by atoms with Gasteiger partial charge in [-0.1, -0.05) is 17.7 Å². The first-order chi connectivity index (χ1) is 10.4. The van der Waals surface area contributed by atoms with Crippen LogP contribution in [0.1, 0.15) is 26.7 Å². The van der Waals surface area contributed by atoms with Gasteiger partial charge in [0.2, 0.25) is 0 Å². The van der Waals surface area contributed by atoms with E-state index in [1.165, 1.54) is 4.90 Å². The van der Waals surface area contributed by atoms with Crippen LogP contribution in [0.25, 0.3) is 0 Å². The molecule has 0 heterocycles. The van der Waals surface area contributed by atoms with Crippen molar-refractivity contribution in [1.29, 1.82) is 0 Å². The van der Waals surface area contributed by atoms with Crippen molar-refractivity contribution in [2.24, 2.45) is 5.92 Å². The molecule has 2 N–H and O–H groups in total. The van der Waals surface area contributed by atoms with Gasteiger partial charge in [0.05, 0.1) is 22.9 Å². The first kappa shape index (κ1) is 16.9. The monoisotopic (exact) mass is 326 g/mol. The fourth-order valence-electron chi connectivity index (χ4n) is 2.17. The molecule has 1 aromatic carbocycles. The van der Waals surface area contributed by atoms with Crippen LogP contribution in [0.3, 0.4) is 0 Å². The number of anilines is 1. The maximum absolute atomic E-state index is 12.2. The number of aliphatic hydroxyl groups is 1. The van der Waals surface area contributed by atoms with E-state index in [2.05, 4.69) is 5.32 Å². The van der Waals surface area contributed by atoms with Crippen LogP contribution >= 0.6 is 11.6 Å². The number of ether oxygens (including phenoxy) is 1. The van der Waals surface area contributed by atoms with E-state index in [9.17, 15) is 9.90 Å². The number of amides is 2. The molecule has 2 amide bonds. The van der Waals surface area contributed by atoms with Crippen molar-refractivity contribution < 1.29 is 14.6 Å². The molecule has 1 atom stereocenters. The fourth-order valence-corrected chi connectivity index (χ4v) is 2.39. The molecule has 1 fully saturated rings. The fraction of sp³-hybridized carbons (Fsp3) is 0.562. The lowest BCUT2D eigenvalue weighted by molar-refractivity contribution is 0.117. The molecule has 0 aliphatic heterocycles. The van der Waals surface area contributed by atoms with Gasteiger partial charge in [-0.3, -0.25) is 0 Å². The third-order valence-electron chi connectivity index (χ3n) is 3.54. The number of urea groups is 1. The average molecular weight is 327 g/mol. The quantitative estimate of drug-likeness (QED) is 0.842. The lowest BCUT2D eigenvalue weighted by Crippen LogP contribution is -2.38. The van der Waals surface area contributed by atoms with Crippen molar-refractivity contribution in [3.8, 4) is 5.75 Å². The van der Waals surface area contributed by atoms with Crippen LogP contribution in [0.4, 0.5) is 10.5 Å². The van der Waals surface area contributed by atoms with Crippen molar-refractivity contribution >= 4 is 23.3 Å². The van der Waals surface area contributed by atoms with Crippen LogP contribution in [-0.2, 0) is 0 Å². The SMILES string of the molecule is CC(C)Oc1c(Cl)cccc1NC(=O)N(C)CC(O)C1CC1. The van der Waals surface area contributed by atoms with E-state index in [1.54, 1.807) is 25.2 Å². The number of likely N-dealkylation sites (N-methyl/N-ethyl adjacent to an activating group) is 1. The molecule has 0 spiro atoms. The van der Waals surface area contributed by atoms with Crippen LogP contribution in [0, 0.1) is 5.92 Å². The second kappa shape index (κ2) is 7.20. The summed E-state index contributed by atoms with van der Waals surface area (Å²) in [6.07, 6.45) is 1.57. The van der Waals surface area contributed by atoms with Crippen molar-refractivity contribution in [1.82, 2.24) is 4.90 Å². The van der Waals surface area contributed by atoms with Gasteiger partial charge < -0.3 is 20.1 Å². The topological polar surface area (TPSA) is 61.8 Å². The lowest BCUT2D eigenvalue weighted by Gasteiger charge is -2.22. The normalized spacial score (nSPS) is 15.5. The third-order valence-corrected chi connectivity index (χ3v) is 3.83. The molecular formula is C16H23ClN2O3. The van der Waals surface area contributed by atoms with E-state index in [0.29, 0.717) is 28.9 Å². The summed E-state index contributed by atoms with van der Waals surface area (Å²) in [7, 11) is 1.66. The first-order valence-electron chi connectivity index (χ1n) is 7.53. The average Bonchev–Trinajstić information content (AvgIpc) is 3.26. The Kier molecular flexibility index (Phi) is 5.53. The van der Waals surface area contributed by atoms with Gasteiger partial charge in [-0.2, -0.15) is 0 Å². The Morgan fingerprint density at radius 2 is 2.18 bits per heavy atom. The molecule has 2 rings (SSSR count). The number of benzene rings is 1. The summed E-state index contributed by atoms with van der Waals surface area (Å²) in [6.45, 7) is 4.11. The number of hydrogen-bond donors (Lipinski definition) is 2. The number of aliphatic hydroxyl groups excluding tert-OH is 1. The predicted molar refractivity (Wildman–Crippen MR) is 87.6 cm³/mol. The zero-order valence-electron chi connectivity index (χ0n) is 13.2. The van der Waals surface area contributed by atoms with E-state index >= 15 is 0 Å². The third kappa shape index (κ3) is 4.52. The minimum absolute atomic E-state index is 0.0510. The Morgan fingerprint density at radius 1 is 1.50 bits per heavy atom. The van der Waals surface area contributed by atoms with Gasteiger partial charge in [0.1, 0.15) is 0 Å². The molecule has 1 aliphatic rings. The molecule has 1 unspecified atom stereocenters. The summed E-state index contributed by atoms with van der Waals surface area (Å²) in [4.78, 5) is 13.7. The van der Waals surface area contributed by atoms with Gasteiger partial charge in [-0.25, -0.2) is 4.79 Å². The van der Waals surface area contributed by atoms with E-state index in [0.717, 1.165) is 12.8 Å². The summed E-state index contributed by atoms with van der Waals surface area (Å²) in [5, 5.41) is 13.2. The summed E-state index contributed by atoms with van der Waals surface area (Å²) in [5.74, 6) is 0.796. The predicted octanol–water partition coefficient (Wildman–Crippen LogP) is 3.36. The standard InChI is InChI=1S/C16H23ClN2O3/c1-10(2)22-15-12(17)5-4-6-13(15)18-16(21)19(3)9-14(20)11-7-8-11/h4-6,10-11,14,20H,7-9H2,1-3H3,(H,18,21). The molecule has 0 bridgehead atoms. The van der Waals surface area contributed by atoms with Crippen LogP contribution in [0.15, 0.2) is 18.2 Å². The van der Waals surface area contributed by atoms with Crippen LogP contribution in [-0.4, -0.2) is 41.8 Å². The Hall–Kier alpha value is -1.46. The van der Waals surface area contributed by atoms with E-state index in [1.807, 2.05) is 13.8 Å². The Balaban J connectivity index is 2.02. The maximum Gasteiger partial charge on any atom is 0.321 e.